The SMILES string of the molecule is N#CCCO.N#CCO. The van der Waals surface area contributed by atoms with Gasteiger partial charge in [0, 0.05) is 0 Å². The molecular weight excluding hydrogens is 120 g/mol. The average molecular weight is 128 g/mol. The molecule has 0 amide bonds. The molecule has 0 aromatic heterocycles. The minimum Gasteiger partial charge on any atom is -0.395 e. The van der Waals surface area contributed by atoms with Crippen LogP contribution in [0.1, 0.15) is 6.42 Å². The van der Waals surface area contributed by atoms with Gasteiger partial charge in [0.1, 0.15) is 6.61 Å². The molecule has 0 saturated carbocycles. The molecule has 0 rings (SSSR count). The predicted molar refractivity (Wildman–Crippen MR) is 30.0 cm³/mol. The maximum atomic E-state index is 7.84. The molecular formula is C5H8N2O2. The average Bonchev–Trinajstić information content (AvgIpc) is 1.91. The van der Waals surface area contributed by atoms with Crippen molar-refractivity contribution in [1.82, 2.24) is 0 Å². The van der Waals surface area contributed by atoms with Crippen LogP contribution in [0.25, 0.3) is 0 Å². The topological polar surface area (TPSA) is 88.0 Å². The highest BCUT2D eigenvalue weighted by Crippen LogP contribution is 1.62. The number of rotatable bonds is 1. The van der Waals surface area contributed by atoms with E-state index in [-0.39, 0.29) is 19.6 Å². The number of hydrogen-bond acceptors (Lipinski definition) is 4. The quantitative estimate of drug-likeness (QED) is 0.461. The predicted octanol–water partition coefficient (Wildman–Crippen LogP) is -0.605. The van der Waals surface area contributed by atoms with Gasteiger partial charge in [0.25, 0.3) is 0 Å². The molecule has 4 nitrogen and oxygen atoms in total. The molecule has 0 aliphatic heterocycles. The van der Waals surface area contributed by atoms with Crippen molar-refractivity contribution in [3.05, 3.63) is 0 Å². The van der Waals surface area contributed by atoms with Gasteiger partial charge in [-0.3, -0.25) is 0 Å². The maximum absolute atomic E-state index is 7.84. The molecule has 50 valence electrons. The van der Waals surface area contributed by atoms with E-state index >= 15 is 0 Å². The molecule has 2 N–H and O–H groups in total. The Bertz CT molecular complexity index is 111. The lowest BCUT2D eigenvalue weighted by molar-refractivity contribution is 0.304. The highest BCUT2D eigenvalue weighted by Gasteiger charge is 1.66. The second-order valence-electron chi connectivity index (χ2n) is 0.948. The summed E-state index contributed by atoms with van der Waals surface area (Å²) in [6.07, 6.45) is 0.250. The first-order chi connectivity index (χ1) is 4.33. The molecule has 0 aliphatic carbocycles. The van der Waals surface area contributed by atoms with Gasteiger partial charge in [-0.1, -0.05) is 0 Å². The minimum atomic E-state index is -0.375. The molecule has 0 aliphatic rings. The lowest BCUT2D eigenvalue weighted by Crippen LogP contribution is -1.72. The molecule has 0 unspecified atom stereocenters. The number of aliphatic hydroxyl groups is 2. The minimum absolute atomic E-state index is 0.0174. The Morgan fingerprint density at radius 3 is 1.56 bits per heavy atom. The second-order valence-corrected chi connectivity index (χ2v) is 0.948. The van der Waals surface area contributed by atoms with Crippen LogP contribution in [0.3, 0.4) is 0 Å². The second kappa shape index (κ2) is 15.8. The van der Waals surface area contributed by atoms with Gasteiger partial charge < -0.3 is 10.2 Å². The summed E-state index contributed by atoms with van der Waals surface area (Å²) in [6.45, 7) is -0.392. The van der Waals surface area contributed by atoms with Gasteiger partial charge in [0.15, 0.2) is 0 Å². The molecule has 0 saturated heterocycles. The fourth-order valence-corrected chi connectivity index (χ4v) is 0.0500. The molecule has 0 fully saturated rings. The molecule has 0 aromatic carbocycles. The van der Waals surface area contributed by atoms with E-state index in [1.165, 1.54) is 6.07 Å². The van der Waals surface area contributed by atoms with Gasteiger partial charge in [0.05, 0.1) is 25.2 Å². The van der Waals surface area contributed by atoms with E-state index in [2.05, 4.69) is 0 Å². The van der Waals surface area contributed by atoms with Crippen LogP contribution in [-0.4, -0.2) is 23.4 Å². The molecule has 0 heterocycles. The number of nitriles is 2. The van der Waals surface area contributed by atoms with Crippen LogP contribution in [0.4, 0.5) is 0 Å². The molecule has 0 spiro atoms. The number of hydrogen-bond donors (Lipinski definition) is 2. The van der Waals surface area contributed by atoms with Crippen LogP contribution in [0, 0.1) is 22.7 Å². The zero-order chi connectivity index (χ0) is 7.54. The fraction of sp³-hybridized carbons (Fsp3) is 0.600. The van der Waals surface area contributed by atoms with Crippen molar-refractivity contribution >= 4 is 0 Å². The first kappa shape index (κ1) is 10.8. The van der Waals surface area contributed by atoms with Crippen molar-refractivity contribution in [2.24, 2.45) is 0 Å². The van der Waals surface area contributed by atoms with Crippen molar-refractivity contribution in [1.29, 1.82) is 10.5 Å². The highest BCUT2D eigenvalue weighted by atomic mass is 16.3. The van der Waals surface area contributed by atoms with Gasteiger partial charge in [-0.2, -0.15) is 10.5 Å². The largest absolute Gasteiger partial charge is 0.395 e. The Balaban J connectivity index is 0. The van der Waals surface area contributed by atoms with E-state index in [4.69, 9.17) is 20.7 Å². The van der Waals surface area contributed by atoms with Crippen molar-refractivity contribution in [2.75, 3.05) is 13.2 Å². The Hall–Kier alpha value is -1.10. The molecule has 0 radical (unpaired) electrons. The summed E-state index contributed by atoms with van der Waals surface area (Å²) in [6, 6.07) is 3.25. The Morgan fingerprint density at radius 1 is 1.11 bits per heavy atom. The summed E-state index contributed by atoms with van der Waals surface area (Å²) >= 11 is 0. The van der Waals surface area contributed by atoms with Gasteiger partial charge in [-0.05, 0) is 0 Å². The summed E-state index contributed by atoms with van der Waals surface area (Å²) in [4.78, 5) is 0. The van der Waals surface area contributed by atoms with Crippen molar-refractivity contribution in [3.8, 4) is 12.1 Å². The lowest BCUT2D eigenvalue weighted by atomic mass is 10.5. The van der Waals surface area contributed by atoms with Crippen molar-refractivity contribution < 1.29 is 10.2 Å². The van der Waals surface area contributed by atoms with Gasteiger partial charge in [-0.15, -0.1) is 0 Å². The lowest BCUT2D eigenvalue weighted by Gasteiger charge is -1.67. The van der Waals surface area contributed by atoms with Crippen LogP contribution < -0.4 is 0 Å². The van der Waals surface area contributed by atoms with Crippen LogP contribution >= 0.6 is 0 Å². The smallest absolute Gasteiger partial charge is 0.130 e. The summed E-state index contributed by atoms with van der Waals surface area (Å²) < 4.78 is 0. The number of aliphatic hydroxyl groups excluding tert-OH is 2. The summed E-state index contributed by atoms with van der Waals surface area (Å²) in [7, 11) is 0. The van der Waals surface area contributed by atoms with E-state index in [9.17, 15) is 0 Å². The first-order valence-electron chi connectivity index (χ1n) is 2.29. The Morgan fingerprint density at radius 2 is 1.56 bits per heavy atom. The number of nitrogens with zero attached hydrogens (tertiary/aromatic N) is 2. The molecule has 4 heteroatoms. The molecule has 0 bridgehead atoms. The van der Waals surface area contributed by atoms with Crippen LogP contribution in [-0.2, 0) is 0 Å². The Kier molecular flexibility index (Phi) is 19.0. The summed E-state index contributed by atoms with van der Waals surface area (Å²) in [5, 5.41) is 30.4. The van der Waals surface area contributed by atoms with E-state index in [0.29, 0.717) is 0 Å². The van der Waals surface area contributed by atoms with E-state index < -0.39 is 0 Å². The van der Waals surface area contributed by atoms with Gasteiger partial charge >= 0.3 is 0 Å². The molecule has 0 aromatic rings. The standard InChI is InChI=1S/C3H5NO.C2H3NO/c4-2-1-3-5;3-1-2-4/h5H,1,3H2;4H,2H2. The fourth-order valence-electron chi connectivity index (χ4n) is 0.0500. The normalized spacial score (nSPS) is 5.78. The molecule has 9 heavy (non-hydrogen) atoms. The third-order valence-corrected chi connectivity index (χ3v) is 0.294. The van der Waals surface area contributed by atoms with Crippen LogP contribution in [0.5, 0.6) is 0 Å². The van der Waals surface area contributed by atoms with Gasteiger partial charge in [0.2, 0.25) is 0 Å². The monoisotopic (exact) mass is 128 g/mol. The summed E-state index contributed by atoms with van der Waals surface area (Å²) in [5.41, 5.74) is 0. The first-order valence-corrected chi connectivity index (χ1v) is 2.29. The van der Waals surface area contributed by atoms with E-state index in [1.54, 1.807) is 6.07 Å². The van der Waals surface area contributed by atoms with E-state index in [0.717, 1.165) is 0 Å². The van der Waals surface area contributed by atoms with Crippen molar-refractivity contribution in [2.45, 2.75) is 6.42 Å². The highest BCUT2D eigenvalue weighted by molar-refractivity contribution is 4.65. The maximum Gasteiger partial charge on any atom is 0.130 e. The zero-order valence-electron chi connectivity index (χ0n) is 4.91. The van der Waals surface area contributed by atoms with Crippen molar-refractivity contribution in [3.63, 3.8) is 0 Å². The van der Waals surface area contributed by atoms with Crippen LogP contribution in [0.2, 0.25) is 0 Å². The third kappa shape index (κ3) is 45.9. The molecule has 0 atom stereocenters. The van der Waals surface area contributed by atoms with E-state index in [1.807, 2.05) is 0 Å². The van der Waals surface area contributed by atoms with Gasteiger partial charge in [-0.25, -0.2) is 0 Å². The van der Waals surface area contributed by atoms with Crippen LogP contribution in [0.15, 0.2) is 0 Å². The summed E-state index contributed by atoms with van der Waals surface area (Å²) in [5.74, 6) is 0. The Labute approximate surface area is 53.6 Å². The third-order valence-electron chi connectivity index (χ3n) is 0.294. The zero-order valence-corrected chi connectivity index (χ0v) is 4.91.